The smallest absolute Gasteiger partial charge is 0.234 e. The number of carbonyl (C=O) groups excluding carboxylic acids is 2. The third-order valence-corrected chi connectivity index (χ3v) is 6.56. The molecule has 4 rings (SSSR count). The summed E-state index contributed by atoms with van der Waals surface area (Å²) in [5.74, 6) is 0.669. The van der Waals surface area contributed by atoms with E-state index in [4.69, 9.17) is 0 Å². The van der Waals surface area contributed by atoms with Crippen molar-refractivity contribution in [3.63, 3.8) is 0 Å². The Hall–Kier alpha value is -3.91. The Labute approximate surface area is 209 Å². The number of thioether (sulfide) groups is 1. The number of amides is 1. The molecule has 8 heteroatoms. The number of ketones is 1. The highest BCUT2D eigenvalue weighted by Gasteiger charge is 2.18. The van der Waals surface area contributed by atoms with E-state index in [1.54, 1.807) is 24.3 Å². The van der Waals surface area contributed by atoms with Crippen molar-refractivity contribution < 1.29 is 9.59 Å². The van der Waals surface area contributed by atoms with Crippen molar-refractivity contribution >= 4 is 34.8 Å². The van der Waals surface area contributed by atoms with Crippen LogP contribution in [-0.2, 0) is 11.3 Å². The molecular weight excluding hydrogens is 458 g/mol. The molecule has 0 aliphatic rings. The van der Waals surface area contributed by atoms with Crippen LogP contribution in [0.3, 0.4) is 0 Å². The molecule has 0 atom stereocenters. The molecule has 4 aromatic rings. The van der Waals surface area contributed by atoms with Gasteiger partial charge in [-0.1, -0.05) is 54.2 Å². The average molecular weight is 486 g/mol. The quantitative estimate of drug-likeness (QED) is 0.243. The van der Waals surface area contributed by atoms with Crippen molar-refractivity contribution in [3.8, 4) is 5.69 Å². The molecule has 2 N–H and O–H groups in total. The van der Waals surface area contributed by atoms with Crippen LogP contribution in [0.25, 0.3) is 5.69 Å². The summed E-state index contributed by atoms with van der Waals surface area (Å²) in [7, 11) is 0. The van der Waals surface area contributed by atoms with Crippen LogP contribution in [0.5, 0.6) is 0 Å². The molecule has 0 aliphatic heterocycles. The lowest BCUT2D eigenvalue weighted by atomic mass is 10.1. The van der Waals surface area contributed by atoms with Gasteiger partial charge in [0.05, 0.1) is 18.0 Å². The SMILES string of the molecule is CC(=O)c1cccc(NC(=O)CSc2nnc(CNc3ccccc3)n2-c2cccc(C)c2C)c1. The predicted octanol–water partition coefficient (Wildman–Crippen LogP) is 5.43. The van der Waals surface area contributed by atoms with E-state index in [0.29, 0.717) is 23.0 Å². The predicted molar refractivity (Wildman–Crippen MR) is 140 cm³/mol. The van der Waals surface area contributed by atoms with Crippen molar-refractivity contribution in [2.24, 2.45) is 0 Å². The van der Waals surface area contributed by atoms with Gasteiger partial charge in [-0.05, 0) is 62.2 Å². The van der Waals surface area contributed by atoms with Gasteiger partial charge in [-0.25, -0.2) is 0 Å². The van der Waals surface area contributed by atoms with Crippen LogP contribution in [0, 0.1) is 13.8 Å². The lowest BCUT2D eigenvalue weighted by Gasteiger charge is -2.15. The standard InChI is InChI=1S/C27H27N5O2S/c1-18-9-7-14-24(19(18)2)32-25(16-28-22-11-5-4-6-12-22)30-31-27(32)35-17-26(34)29-23-13-8-10-21(15-23)20(3)33/h4-15,28H,16-17H2,1-3H3,(H,29,34). The number of para-hydroxylation sites is 1. The van der Waals surface area contributed by atoms with Gasteiger partial charge >= 0.3 is 0 Å². The van der Waals surface area contributed by atoms with Crippen LogP contribution in [0.15, 0.2) is 78.0 Å². The maximum Gasteiger partial charge on any atom is 0.234 e. The molecule has 0 saturated heterocycles. The first-order chi connectivity index (χ1) is 16.9. The van der Waals surface area contributed by atoms with E-state index in [9.17, 15) is 9.59 Å². The number of nitrogens with one attached hydrogen (secondary N) is 2. The van der Waals surface area contributed by atoms with E-state index in [1.807, 2.05) is 47.0 Å². The third-order valence-electron chi connectivity index (χ3n) is 5.63. The fraction of sp³-hybridized carbons (Fsp3) is 0.185. The van der Waals surface area contributed by atoms with E-state index in [-0.39, 0.29) is 17.4 Å². The molecule has 0 saturated carbocycles. The van der Waals surface area contributed by atoms with Gasteiger partial charge in [0.25, 0.3) is 0 Å². The number of aromatic nitrogens is 3. The van der Waals surface area contributed by atoms with Crippen molar-refractivity contribution in [2.45, 2.75) is 32.5 Å². The Kier molecular flexibility index (Phi) is 7.62. The summed E-state index contributed by atoms with van der Waals surface area (Å²) in [4.78, 5) is 24.3. The topological polar surface area (TPSA) is 88.9 Å². The van der Waals surface area contributed by atoms with Crippen molar-refractivity contribution in [1.29, 1.82) is 0 Å². The Morgan fingerprint density at radius 2 is 1.66 bits per heavy atom. The van der Waals surface area contributed by atoms with E-state index in [1.165, 1.54) is 18.7 Å². The number of hydrogen-bond acceptors (Lipinski definition) is 6. The highest BCUT2D eigenvalue weighted by atomic mass is 32.2. The normalized spacial score (nSPS) is 10.7. The fourth-order valence-corrected chi connectivity index (χ4v) is 4.37. The van der Waals surface area contributed by atoms with Gasteiger partial charge in [0.1, 0.15) is 0 Å². The molecule has 0 fully saturated rings. The minimum absolute atomic E-state index is 0.0475. The van der Waals surface area contributed by atoms with Crippen LogP contribution in [0.1, 0.15) is 34.2 Å². The van der Waals surface area contributed by atoms with Crippen molar-refractivity contribution in [2.75, 3.05) is 16.4 Å². The van der Waals surface area contributed by atoms with Gasteiger partial charge in [-0.2, -0.15) is 0 Å². The molecular formula is C27H27N5O2S. The zero-order valence-corrected chi connectivity index (χ0v) is 20.7. The van der Waals surface area contributed by atoms with Crippen molar-refractivity contribution in [3.05, 3.63) is 95.3 Å². The molecule has 0 unspecified atom stereocenters. The third kappa shape index (κ3) is 5.96. The summed E-state index contributed by atoms with van der Waals surface area (Å²) in [6.45, 7) is 6.12. The Morgan fingerprint density at radius 1 is 0.914 bits per heavy atom. The average Bonchev–Trinajstić information content (AvgIpc) is 3.26. The van der Waals surface area contributed by atoms with Crippen LogP contribution in [-0.4, -0.2) is 32.2 Å². The highest BCUT2D eigenvalue weighted by Crippen LogP contribution is 2.26. The Morgan fingerprint density at radius 3 is 2.43 bits per heavy atom. The zero-order valence-electron chi connectivity index (χ0n) is 19.9. The van der Waals surface area contributed by atoms with Crippen molar-refractivity contribution in [1.82, 2.24) is 14.8 Å². The fourth-order valence-electron chi connectivity index (χ4n) is 3.61. The number of aryl methyl sites for hydroxylation is 1. The second-order valence-corrected chi connectivity index (χ2v) is 9.09. The van der Waals surface area contributed by atoms with Crippen LogP contribution < -0.4 is 10.6 Å². The number of anilines is 2. The number of nitrogens with zero attached hydrogens (tertiary/aromatic N) is 3. The molecule has 35 heavy (non-hydrogen) atoms. The summed E-state index contributed by atoms with van der Waals surface area (Å²) in [6, 6.07) is 23.0. The second-order valence-electron chi connectivity index (χ2n) is 8.15. The molecule has 0 spiro atoms. The van der Waals surface area contributed by atoms with E-state index < -0.39 is 0 Å². The summed E-state index contributed by atoms with van der Waals surface area (Å²) >= 11 is 1.32. The number of hydrogen-bond donors (Lipinski definition) is 2. The van der Waals surface area contributed by atoms with Gasteiger partial charge in [0, 0.05) is 16.9 Å². The molecule has 1 heterocycles. The zero-order chi connectivity index (χ0) is 24.8. The summed E-state index contributed by atoms with van der Waals surface area (Å²) < 4.78 is 2.01. The molecule has 3 aromatic carbocycles. The molecule has 0 bridgehead atoms. The molecule has 1 aromatic heterocycles. The van der Waals surface area contributed by atoms with Crippen LogP contribution >= 0.6 is 11.8 Å². The summed E-state index contributed by atoms with van der Waals surface area (Å²) in [5, 5.41) is 15.7. The molecule has 7 nitrogen and oxygen atoms in total. The molecule has 0 radical (unpaired) electrons. The summed E-state index contributed by atoms with van der Waals surface area (Å²) in [6.07, 6.45) is 0. The van der Waals surface area contributed by atoms with Gasteiger partial charge in [-0.3, -0.25) is 14.2 Å². The largest absolute Gasteiger partial charge is 0.378 e. The maximum absolute atomic E-state index is 12.7. The first-order valence-electron chi connectivity index (χ1n) is 11.3. The van der Waals surface area contributed by atoms with Gasteiger partial charge < -0.3 is 10.6 Å². The number of Topliss-reactive ketones (excluding diaryl/α,β-unsaturated/α-hetero) is 1. The number of rotatable bonds is 9. The minimum Gasteiger partial charge on any atom is -0.378 e. The van der Waals surface area contributed by atoms with E-state index in [0.717, 1.165) is 28.3 Å². The summed E-state index contributed by atoms with van der Waals surface area (Å²) in [5.41, 5.74) is 5.41. The van der Waals surface area contributed by atoms with E-state index in [2.05, 4.69) is 40.7 Å². The van der Waals surface area contributed by atoms with Crippen LogP contribution in [0.4, 0.5) is 11.4 Å². The molecule has 0 aliphatic carbocycles. The highest BCUT2D eigenvalue weighted by molar-refractivity contribution is 7.99. The first-order valence-corrected chi connectivity index (χ1v) is 12.2. The van der Waals surface area contributed by atoms with Gasteiger partial charge in [-0.15, -0.1) is 10.2 Å². The first kappa shape index (κ1) is 24.2. The second kappa shape index (κ2) is 11.0. The minimum atomic E-state index is -0.185. The number of benzene rings is 3. The lowest BCUT2D eigenvalue weighted by Crippen LogP contribution is -2.15. The monoisotopic (exact) mass is 485 g/mol. The Balaban J connectivity index is 1.54. The number of carbonyl (C=O) groups is 2. The van der Waals surface area contributed by atoms with Crippen LogP contribution in [0.2, 0.25) is 0 Å². The molecule has 1 amide bonds. The van der Waals surface area contributed by atoms with Gasteiger partial charge in [0.2, 0.25) is 5.91 Å². The molecule has 178 valence electrons. The Bertz CT molecular complexity index is 1350. The van der Waals surface area contributed by atoms with Gasteiger partial charge in [0.15, 0.2) is 16.8 Å². The maximum atomic E-state index is 12.7. The van der Waals surface area contributed by atoms with E-state index >= 15 is 0 Å². The lowest BCUT2D eigenvalue weighted by molar-refractivity contribution is -0.113.